The lowest BCUT2D eigenvalue weighted by atomic mass is 10.0. The molecule has 1 saturated heterocycles. The van der Waals surface area contributed by atoms with Gasteiger partial charge in [0.05, 0.1) is 43.4 Å². The summed E-state index contributed by atoms with van der Waals surface area (Å²) in [6.45, 7) is 4.31. The van der Waals surface area contributed by atoms with Gasteiger partial charge in [0.1, 0.15) is 5.84 Å². The molecule has 1 fully saturated rings. The third-order valence-electron chi connectivity index (χ3n) is 6.12. The van der Waals surface area contributed by atoms with E-state index in [1.54, 1.807) is 6.08 Å². The molecule has 9 nitrogen and oxygen atoms in total. The van der Waals surface area contributed by atoms with Crippen molar-refractivity contribution in [3.8, 4) is 11.1 Å². The molecule has 0 saturated carbocycles. The van der Waals surface area contributed by atoms with Crippen LogP contribution in [-0.4, -0.2) is 70.2 Å². The molecular weight excluding hydrogens is 478 g/mol. The van der Waals surface area contributed by atoms with Gasteiger partial charge < -0.3 is 21.1 Å². The van der Waals surface area contributed by atoms with Crippen LogP contribution in [0.15, 0.2) is 57.9 Å². The van der Waals surface area contributed by atoms with E-state index in [1.165, 1.54) is 5.06 Å². The van der Waals surface area contributed by atoms with Gasteiger partial charge in [-0.05, 0) is 42.3 Å². The Bertz CT molecular complexity index is 1150. The molecule has 1 unspecified atom stereocenters. The second-order valence-electron chi connectivity index (χ2n) is 8.91. The number of carbonyl (C=O) groups excluding carboxylic acids is 1. The Morgan fingerprint density at radius 1 is 1.28 bits per heavy atom. The summed E-state index contributed by atoms with van der Waals surface area (Å²) in [4.78, 5) is 23.9. The standard InChI is InChI=1S/C26H33N5O4S/c1-2-8-31(35-10-9-32)26(33)22-11-21-7-6-20(13-24(21)29-25(28)14-22)19-4-3-5-23(12-19)36(34)30-16-18(15-27)17-30/h3-7,11-13,18,32H,2,8-10,14-17,27H2,1H3,(H2,28,29). The number of hydrogen-bond acceptors (Lipinski definition) is 8. The van der Waals surface area contributed by atoms with Crippen molar-refractivity contribution in [1.82, 2.24) is 9.37 Å². The highest BCUT2D eigenvalue weighted by Gasteiger charge is 2.35. The number of aliphatic hydroxyl groups is 1. The zero-order valence-electron chi connectivity index (χ0n) is 20.4. The van der Waals surface area contributed by atoms with E-state index in [1.807, 2.05) is 53.7 Å². The number of hydrogen-bond donors (Lipinski definition) is 3. The van der Waals surface area contributed by atoms with Crippen LogP contribution in [0, 0.1) is 5.92 Å². The largest absolute Gasteiger partial charge is 0.593 e. The van der Waals surface area contributed by atoms with Crippen LogP contribution in [0.4, 0.5) is 5.69 Å². The van der Waals surface area contributed by atoms with Crippen molar-refractivity contribution < 1.29 is 19.3 Å². The minimum Gasteiger partial charge on any atom is -0.593 e. The zero-order chi connectivity index (χ0) is 25.7. The fourth-order valence-corrected chi connectivity index (χ4v) is 5.60. The summed E-state index contributed by atoms with van der Waals surface area (Å²) >= 11 is -1.23. The van der Waals surface area contributed by atoms with Crippen molar-refractivity contribution in [2.45, 2.75) is 24.7 Å². The first kappa shape index (κ1) is 26.3. The van der Waals surface area contributed by atoms with Crippen LogP contribution in [0.25, 0.3) is 17.2 Å². The molecule has 10 heteroatoms. The van der Waals surface area contributed by atoms with Gasteiger partial charge >= 0.3 is 0 Å². The lowest BCUT2D eigenvalue weighted by Crippen LogP contribution is -2.52. The monoisotopic (exact) mass is 511 g/mol. The molecule has 2 aliphatic heterocycles. The number of amides is 1. The van der Waals surface area contributed by atoms with Crippen molar-refractivity contribution in [2.75, 3.05) is 39.4 Å². The van der Waals surface area contributed by atoms with Gasteiger partial charge in [0.2, 0.25) is 0 Å². The molecule has 0 radical (unpaired) electrons. The van der Waals surface area contributed by atoms with Crippen molar-refractivity contribution in [3.05, 3.63) is 53.6 Å². The van der Waals surface area contributed by atoms with E-state index in [2.05, 4.69) is 4.99 Å². The summed E-state index contributed by atoms with van der Waals surface area (Å²) in [6, 6.07) is 13.5. The summed E-state index contributed by atoms with van der Waals surface area (Å²) in [5.74, 6) is 0.440. The fraction of sp³-hybridized carbons (Fsp3) is 0.385. The molecule has 36 heavy (non-hydrogen) atoms. The lowest BCUT2D eigenvalue weighted by Gasteiger charge is -2.37. The Labute approximate surface area is 214 Å². The number of aliphatic hydroxyl groups excluding tert-OH is 1. The first-order chi connectivity index (χ1) is 17.4. The van der Waals surface area contributed by atoms with Crippen molar-refractivity contribution >= 4 is 34.9 Å². The number of amidine groups is 1. The number of nitrogens with two attached hydrogens (primary N) is 2. The summed E-state index contributed by atoms with van der Waals surface area (Å²) in [5, 5.41) is 10.4. The number of nitrogens with zero attached hydrogens (tertiary/aromatic N) is 3. The van der Waals surface area contributed by atoms with Crippen LogP contribution in [0.1, 0.15) is 25.3 Å². The molecule has 192 valence electrons. The SMILES string of the molecule is CCCN(OCCO)C(=O)C1=Cc2ccc(-c3cccc([S+]([O-])N4CC(CN)C4)c3)cc2N=C(N)C1. The highest BCUT2D eigenvalue weighted by atomic mass is 32.2. The quantitative estimate of drug-likeness (QED) is 0.328. The molecule has 4 rings (SSSR count). The molecule has 5 N–H and O–H groups in total. The van der Waals surface area contributed by atoms with Crippen molar-refractivity contribution in [1.29, 1.82) is 0 Å². The average molecular weight is 512 g/mol. The van der Waals surface area contributed by atoms with Crippen molar-refractivity contribution in [2.24, 2.45) is 22.4 Å². The van der Waals surface area contributed by atoms with Crippen LogP contribution in [0.3, 0.4) is 0 Å². The van der Waals surface area contributed by atoms with Crippen LogP contribution < -0.4 is 11.5 Å². The average Bonchev–Trinajstić information content (AvgIpc) is 3.02. The zero-order valence-corrected chi connectivity index (χ0v) is 21.2. The van der Waals surface area contributed by atoms with Gasteiger partial charge in [0, 0.05) is 36.1 Å². The maximum Gasteiger partial charge on any atom is 0.273 e. The minimum atomic E-state index is -1.23. The molecule has 0 aromatic heterocycles. The summed E-state index contributed by atoms with van der Waals surface area (Å²) in [7, 11) is 0. The summed E-state index contributed by atoms with van der Waals surface area (Å²) < 4.78 is 14.9. The maximum atomic E-state index is 13.1. The topological polar surface area (TPSA) is 140 Å². The highest BCUT2D eigenvalue weighted by Crippen LogP contribution is 2.33. The Morgan fingerprint density at radius 3 is 2.78 bits per heavy atom. The number of aliphatic imine (C=N–C) groups is 1. The molecule has 0 spiro atoms. The van der Waals surface area contributed by atoms with Gasteiger partial charge in [-0.3, -0.25) is 9.63 Å². The van der Waals surface area contributed by atoms with Gasteiger partial charge in [0.25, 0.3) is 5.91 Å². The lowest BCUT2D eigenvalue weighted by molar-refractivity contribution is -0.185. The molecule has 1 atom stereocenters. The second kappa shape index (κ2) is 12.0. The maximum absolute atomic E-state index is 13.1. The van der Waals surface area contributed by atoms with Gasteiger partial charge in [-0.15, -0.1) is 4.31 Å². The van der Waals surface area contributed by atoms with Gasteiger partial charge in [0.15, 0.2) is 4.90 Å². The van der Waals surface area contributed by atoms with E-state index in [4.69, 9.17) is 21.4 Å². The molecular formula is C26H33N5O4S. The van der Waals surface area contributed by atoms with Gasteiger partial charge in [-0.2, -0.15) is 0 Å². The van der Waals surface area contributed by atoms with Crippen LogP contribution in [-0.2, 0) is 21.0 Å². The van der Waals surface area contributed by atoms with Crippen molar-refractivity contribution in [3.63, 3.8) is 0 Å². The van der Waals surface area contributed by atoms with E-state index in [9.17, 15) is 9.35 Å². The normalized spacial score (nSPS) is 16.9. The van der Waals surface area contributed by atoms with Crippen LogP contribution in [0.5, 0.6) is 0 Å². The second-order valence-corrected chi connectivity index (χ2v) is 10.4. The smallest absolute Gasteiger partial charge is 0.273 e. The van der Waals surface area contributed by atoms with Gasteiger partial charge in [-0.25, -0.2) is 10.1 Å². The molecule has 2 aliphatic rings. The predicted octanol–water partition coefficient (Wildman–Crippen LogP) is 2.21. The number of fused-ring (bicyclic) bond motifs is 1. The fourth-order valence-electron chi connectivity index (χ4n) is 4.19. The minimum absolute atomic E-state index is 0.0394. The van der Waals surface area contributed by atoms with Gasteiger partial charge in [-0.1, -0.05) is 31.2 Å². The number of carbonyl (C=O) groups is 1. The first-order valence-corrected chi connectivity index (χ1v) is 13.2. The third-order valence-corrected chi connectivity index (χ3v) is 7.55. The highest BCUT2D eigenvalue weighted by molar-refractivity contribution is 7.89. The Kier molecular flexibility index (Phi) is 8.78. The molecule has 2 aromatic carbocycles. The number of rotatable bonds is 10. The van der Waals surface area contributed by atoms with E-state index in [0.29, 0.717) is 42.5 Å². The third kappa shape index (κ3) is 5.97. The van der Waals surface area contributed by atoms with E-state index < -0.39 is 11.4 Å². The Morgan fingerprint density at radius 2 is 2.06 bits per heavy atom. The molecule has 1 amide bonds. The van der Waals surface area contributed by atoms with E-state index in [0.717, 1.165) is 34.7 Å². The summed E-state index contributed by atoms with van der Waals surface area (Å²) in [6.07, 6.45) is 2.70. The molecule has 2 aromatic rings. The number of hydroxylamine groups is 2. The Balaban J connectivity index is 1.58. The molecule has 0 bridgehead atoms. The van der Waals surface area contributed by atoms with Crippen LogP contribution in [0.2, 0.25) is 0 Å². The van der Waals surface area contributed by atoms with E-state index >= 15 is 0 Å². The summed E-state index contributed by atoms with van der Waals surface area (Å²) in [5.41, 5.74) is 15.6. The molecule has 2 heterocycles. The predicted molar refractivity (Wildman–Crippen MR) is 141 cm³/mol. The molecule has 0 aliphatic carbocycles. The Hall–Kier alpha value is -2.73. The van der Waals surface area contributed by atoms with E-state index in [-0.39, 0.29) is 25.5 Å². The number of benzene rings is 2. The first-order valence-electron chi connectivity index (χ1n) is 12.1. The van der Waals surface area contributed by atoms with Crippen LogP contribution >= 0.6 is 0 Å².